The molecule has 0 bridgehead atoms. The van der Waals surface area contributed by atoms with E-state index in [0.717, 1.165) is 43.8 Å². The Morgan fingerprint density at radius 2 is 1.62 bits per heavy atom. The first-order chi connectivity index (χ1) is 14.0. The molecule has 1 saturated heterocycles. The zero-order valence-electron chi connectivity index (χ0n) is 17.1. The first kappa shape index (κ1) is 20.7. The molecule has 2 amide bonds. The fraction of sp³-hybridized carbons (Fsp3) is 0.391. The highest BCUT2D eigenvalue weighted by Gasteiger charge is 2.19. The van der Waals surface area contributed by atoms with Crippen LogP contribution in [0.4, 0.5) is 11.4 Å². The van der Waals surface area contributed by atoms with Gasteiger partial charge < -0.3 is 20.3 Å². The molecule has 0 radical (unpaired) electrons. The van der Waals surface area contributed by atoms with E-state index in [1.165, 1.54) is 0 Å². The van der Waals surface area contributed by atoms with Crippen LogP contribution in [-0.4, -0.2) is 42.5 Å². The van der Waals surface area contributed by atoms with Gasteiger partial charge >= 0.3 is 0 Å². The second-order valence-electron chi connectivity index (χ2n) is 7.34. The third-order valence-electron chi connectivity index (χ3n) is 5.03. The minimum Gasteiger partial charge on any atom is -0.491 e. The number of hydrogen-bond acceptors (Lipinski definition) is 4. The summed E-state index contributed by atoms with van der Waals surface area (Å²) in [7, 11) is 0. The zero-order valence-corrected chi connectivity index (χ0v) is 17.1. The highest BCUT2D eigenvalue weighted by molar-refractivity contribution is 5.96. The predicted octanol–water partition coefficient (Wildman–Crippen LogP) is 4.15. The number of likely N-dealkylation sites (tertiary alicyclic amines) is 1. The van der Waals surface area contributed by atoms with Gasteiger partial charge in [0.25, 0.3) is 5.91 Å². The van der Waals surface area contributed by atoms with E-state index in [1.807, 2.05) is 36.1 Å². The number of nitrogens with one attached hydrogen (secondary N) is 2. The van der Waals surface area contributed by atoms with Gasteiger partial charge in [0, 0.05) is 30.0 Å². The Morgan fingerprint density at radius 3 is 2.24 bits per heavy atom. The first-order valence-corrected chi connectivity index (χ1v) is 10.2. The molecule has 154 valence electrons. The third kappa shape index (κ3) is 5.98. The van der Waals surface area contributed by atoms with E-state index < -0.39 is 0 Å². The van der Waals surface area contributed by atoms with E-state index in [2.05, 4.69) is 17.6 Å². The molecule has 0 spiro atoms. The maximum absolute atomic E-state index is 12.4. The molecule has 2 aromatic carbocycles. The maximum Gasteiger partial charge on any atom is 0.253 e. The van der Waals surface area contributed by atoms with Crippen LogP contribution in [0.1, 0.15) is 43.5 Å². The van der Waals surface area contributed by atoms with Gasteiger partial charge in [-0.3, -0.25) is 9.59 Å². The van der Waals surface area contributed by atoms with Gasteiger partial charge in [0.2, 0.25) is 5.91 Å². The van der Waals surface area contributed by atoms with E-state index in [0.29, 0.717) is 11.3 Å². The second kappa shape index (κ2) is 9.96. The van der Waals surface area contributed by atoms with Crippen LogP contribution < -0.4 is 15.4 Å². The molecular formula is C23H29N3O3. The van der Waals surface area contributed by atoms with Gasteiger partial charge in [-0.15, -0.1) is 0 Å². The Bertz CT molecular complexity index is 812. The number of rotatable bonds is 8. The van der Waals surface area contributed by atoms with Crippen molar-refractivity contribution in [2.45, 2.75) is 39.2 Å². The number of carbonyl (C=O) groups is 2. The van der Waals surface area contributed by atoms with Crippen molar-refractivity contribution >= 4 is 23.2 Å². The molecular weight excluding hydrogens is 366 g/mol. The maximum atomic E-state index is 12.4. The summed E-state index contributed by atoms with van der Waals surface area (Å²) in [5, 5.41) is 5.94. The van der Waals surface area contributed by atoms with E-state index in [-0.39, 0.29) is 24.5 Å². The summed E-state index contributed by atoms with van der Waals surface area (Å²) in [5.41, 5.74) is 2.18. The molecule has 2 N–H and O–H groups in total. The lowest BCUT2D eigenvalue weighted by molar-refractivity contribution is -0.114. The monoisotopic (exact) mass is 395 g/mol. The summed E-state index contributed by atoms with van der Waals surface area (Å²) < 4.78 is 5.75. The van der Waals surface area contributed by atoms with E-state index >= 15 is 0 Å². The molecule has 2 aromatic rings. The second-order valence-corrected chi connectivity index (χ2v) is 7.34. The molecule has 3 rings (SSSR count). The van der Waals surface area contributed by atoms with E-state index in [1.54, 1.807) is 24.3 Å². The number of anilines is 2. The number of amides is 2. The summed E-state index contributed by atoms with van der Waals surface area (Å²) >= 11 is 0. The third-order valence-corrected chi connectivity index (χ3v) is 5.03. The summed E-state index contributed by atoms with van der Waals surface area (Å²) in [6.07, 6.45) is 3.27. The number of benzene rings is 2. The SMILES string of the molecule is CCC(C)Oc1ccc(NCC(=O)Nc2ccc(C(=O)N3CCCC3)cc2)cc1. The normalized spacial score (nSPS) is 14.3. The zero-order chi connectivity index (χ0) is 20.6. The Labute approximate surface area is 172 Å². The quantitative estimate of drug-likeness (QED) is 0.704. The molecule has 0 aliphatic carbocycles. The lowest BCUT2D eigenvalue weighted by atomic mass is 10.2. The summed E-state index contributed by atoms with van der Waals surface area (Å²) in [5.74, 6) is 0.726. The first-order valence-electron chi connectivity index (χ1n) is 10.2. The minimum absolute atomic E-state index is 0.0581. The van der Waals surface area contributed by atoms with Gasteiger partial charge in [0.05, 0.1) is 12.6 Å². The minimum atomic E-state index is -0.149. The van der Waals surface area contributed by atoms with Crippen molar-refractivity contribution < 1.29 is 14.3 Å². The average molecular weight is 396 g/mol. The summed E-state index contributed by atoms with van der Waals surface area (Å²) in [4.78, 5) is 26.4. The molecule has 6 nitrogen and oxygen atoms in total. The van der Waals surface area contributed by atoms with Crippen LogP contribution in [0.5, 0.6) is 5.75 Å². The summed E-state index contributed by atoms with van der Waals surface area (Å²) in [6.45, 7) is 5.92. The van der Waals surface area contributed by atoms with E-state index in [9.17, 15) is 9.59 Å². The molecule has 29 heavy (non-hydrogen) atoms. The molecule has 1 aliphatic heterocycles. The fourth-order valence-electron chi connectivity index (χ4n) is 3.15. The molecule has 1 aliphatic rings. The Kier molecular flexibility index (Phi) is 7.11. The van der Waals surface area contributed by atoms with Crippen molar-refractivity contribution in [3.05, 3.63) is 54.1 Å². The van der Waals surface area contributed by atoms with Crippen LogP contribution in [0.15, 0.2) is 48.5 Å². The number of ether oxygens (including phenoxy) is 1. The Balaban J connectivity index is 1.46. The fourth-order valence-corrected chi connectivity index (χ4v) is 3.15. The average Bonchev–Trinajstić information content (AvgIpc) is 3.28. The van der Waals surface area contributed by atoms with Gasteiger partial charge in [0.1, 0.15) is 5.75 Å². The van der Waals surface area contributed by atoms with Crippen molar-refractivity contribution in [1.82, 2.24) is 4.90 Å². The number of carbonyl (C=O) groups excluding carboxylic acids is 2. The van der Waals surface area contributed by atoms with Crippen molar-refractivity contribution in [3.8, 4) is 5.75 Å². The number of hydrogen-bond donors (Lipinski definition) is 2. The van der Waals surface area contributed by atoms with Crippen molar-refractivity contribution in [2.75, 3.05) is 30.3 Å². The largest absolute Gasteiger partial charge is 0.491 e. The van der Waals surface area contributed by atoms with Crippen molar-refractivity contribution in [2.24, 2.45) is 0 Å². The topological polar surface area (TPSA) is 70.7 Å². The van der Waals surface area contributed by atoms with Gasteiger partial charge in [-0.25, -0.2) is 0 Å². The van der Waals surface area contributed by atoms with Crippen LogP contribution >= 0.6 is 0 Å². The van der Waals surface area contributed by atoms with E-state index in [4.69, 9.17) is 4.74 Å². The number of nitrogens with zero attached hydrogens (tertiary/aromatic N) is 1. The van der Waals surface area contributed by atoms with Crippen LogP contribution in [0.3, 0.4) is 0 Å². The van der Waals surface area contributed by atoms with Crippen LogP contribution in [-0.2, 0) is 4.79 Å². The van der Waals surface area contributed by atoms with Crippen LogP contribution in [0.2, 0.25) is 0 Å². The van der Waals surface area contributed by atoms with Crippen LogP contribution in [0.25, 0.3) is 0 Å². The van der Waals surface area contributed by atoms with Crippen LogP contribution in [0, 0.1) is 0 Å². The van der Waals surface area contributed by atoms with Gasteiger partial charge in [0.15, 0.2) is 0 Å². The Hall–Kier alpha value is -3.02. The highest BCUT2D eigenvalue weighted by atomic mass is 16.5. The van der Waals surface area contributed by atoms with Gasteiger partial charge in [-0.2, -0.15) is 0 Å². The van der Waals surface area contributed by atoms with Crippen molar-refractivity contribution in [1.29, 1.82) is 0 Å². The Morgan fingerprint density at radius 1 is 1.00 bits per heavy atom. The molecule has 1 atom stereocenters. The molecule has 6 heteroatoms. The standard InChI is InChI=1S/C23H29N3O3/c1-3-17(2)29-21-12-10-19(11-13-21)24-16-22(27)25-20-8-6-18(7-9-20)23(28)26-14-4-5-15-26/h6-13,17,24H,3-5,14-16H2,1-2H3,(H,25,27). The molecule has 0 aromatic heterocycles. The smallest absolute Gasteiger partial charge is 0.253 e. The molecule has 1 fully saturated rings. The predicted molar refractivity (Wildman–Crippen MR) is 116 cm³/mol. The summed E-state index contributed by atoms with van der Waals surface area (Å²) in [6, 6.07) is 14.6. The lowest BCUT2D eigenvalue weighted by Crippen LogP contribution is -2.27. The van der Waals surface area contributed by atoms with Gasteiger partial charge in [-0.05, 0) is 74.7 Å². The lowest BCUT2D eigenvalue weighted by Gasteiger charge is -2.15. The molecule has 1 unspecified atom stereocenters. The molecule has 0 saturated carbocycles. The van der Waals surface area contributed by atoms with Crippen molar-refractivity contribution in [3.63, 3.8) is 0 Å². The molecule has 1 heterocycles. The van der Waals surface area contributed by atoms with Gasteiger partial charge in [-0.1, -0.05) is 6.92 Å². The highest BCUT2D eigenvalue weighted by Crippen LogP contribution is 2.18.